The molecule has 2 aromatic heterocycles. The first-order valence-electron chi connectivity index (χ1n) is 5.27. The predicted molar refractivity (Wildman–Crippen MR) is 60.5 cm³/mol. The summed E-state index contributed by atoms with van der Waals surface area (Å²) in [7, 11) is 1.94. The lowest BCUT2D eigenvalue weighted by Crippen LogP contribution is -2.31. The monoisotopic (exact) mass is 220 g/mol. The summed E-state index contributed by atoms with van der Waals surface area (Å²) in [6.07, 6.45) is 6.17. The standard InChI is InChI=1S/C11H16N4O/c1-3-9-8(4-7-16-9)10(14-12)11-13-5-6-15(11)2/h4-7,10,14H,3,12H2,1-2H3. The van der Waals surface area contributed by atoms with Crippen LogP contribution in [-0.2, 0) is 13.5 Å². The smallest absolute Gasteiger partial charge is 0.131 e. The minimum atomic E-state index is -0.131. The Morgan fingerprint density at radius 3 is 3.00 bits per heavy atom. The Balaban J connectivity index is 2.40. The quantitative estimate of drug-likeness (QED) is 0.598. The van der Waals surface area contributed by atoms with Crippen molar-refractivity contribution in [2.45, 2.75) is 19.4 Å². The molecule has 3 N–H and O–H groups in total. The van der Waals surface area contributed by atoms with E-state index >= 15 is 0 Å². The van der Waals surface area contributed by atoms with Crippen molar-refractivity contribution in [2.24, 2.45) is 12.9 Å². The van der Waals surface area contributed by atoms with E-state index in [1.807, 2.05) is 30.8 Å². The molecule has 2 rings (SSSR count). The van der Waals surface area contributed by atoms with Gasteiger partial charge in [-0.3, -0.25) is 5.84 Å². The van der Waals surface area contributed by atoms with E-state index in [0.29, 0.717) is 0 Å². The van der Waals surface area contributed by atoms with Crippen molar-refractivity contribution in [1.29, 1.82) is 0 Å². The number of rotatable bonds is 4. The average Bonchev–Trinajstić information content (AvgIpc) is 2.90. The van der Waals surface area contributed by atoms with Gasteiger partial charge in [-0.25, -0.2) is 10.4 Å². The van der Waals surface area contributed by atoms with Gasteiger partial charge in [-0.2, -0.15) is 0 Å². The van der Waals surface area contributed by atoms with Gasteiger partial charge < -0.3 is 8.98 Å². The first kappa shape index (κ1) is 10.9. The molecule has 0 saturated carbocycles. The second kappa shape index (κ2) is 4.51. The summed E-state index contributed by atoms with van der Waals surface area (Å²) < 4.78 is 7.34. The third-order valence-corrected chi connectivity index (χ3v) is 2.70. The summed E-state index contributed by atoms with van der Waals surface area (Å²) in [4.78, 5) is 4.30. The lowest BCUT2D eigenvalue weighted by Gasteiger charge is -2.15. The fraction of sp³-hybridized carbons (Fsp3) is 0.364. The molecule has 86 valence electrons. The summed E-state index contributed by atoms with van der Waals surface area (Å²) in [5.41, 5.74) is 3.82. The topological polar surface area (TPSA) is 69.0 Å². The van der Waals surface area contributed by atoms with Gasteiger partial charge in [0.25, 0.3) is 0 Å². The maximum Gasteiger partial charge on any atom is 0.131 e. The summed E-state index contributed by atoms with van der Waals surface area (Å²) in [6, 6.07) is 1.80. The van der Waals surface area contributed by atoms with Crippen molar-refractivity contribution in [3.05, 3.63) is 41.9 Å². The molecule has 0 aliphatic carbocycles. The number of nitrogens with two attached hydrogens (primary N) is 1. The van der Waals surface area contributed by atoms with E-state index in [2.05, 4.69) is 10.4 Å². The number of nitrogens with one attached hydrogen (secondary N) is 1. The molecule has 5 heteroatoms. The molecule has 0 aromatic carbocycles. The number of imidazole rings is 1. The zero-order valence-electron chi connectivity index (χ0n) is 9.47. The van der Waals surface area contributed by atoms with Crippen LogP contribution in [0.2, 0.25) is 0 Å². The maximum absolute atomic E-state index is 5.60. The molecule has 0 radical (unpaired) electrons. The minimum Gasteiger partial charge on any atom is -0.469 e. The van der Waals surface area contributed by atoms with Crippen LogP contribution in [0.5, 0.6) is 0 Å². The van der Waals surface area contributed by atoms with Gasteiger partial charge in [0, 0.05) is 31.4 Å². The Hall–Kier alpha value is -1.59. The highest BCUT2D eigenvalue weighted by atomic mass is 16.3. The van der Waals surface area contributed by atoms with Crippen molar-refractivity contribution in [1.82, 2.24) is 15.0 Å². The number of hydrazine groups is 1. The van der Waals surface area contributed by atoms with Crippen LogP contribution in [0.1, 0.15) is 30.1 Å². The van der Waals surface area contributed by atoms with E-state index in [0.717, 1.165) is 23.6 Å². The SMILES string of the molecule is CCc1occc1C(NN)c1nccn1C. The van der Waals surface area contributed by atoms with Crippen molar-refractivity contribution in [2.75, 3.05) is 0 Å². The number of furan rings is 1. The number of nitrogens with zero attached hydrogens (tertiary/aromatic N) is 2. The Kier molecular flexibility index (Phi) is 3.07. The van der Waals surface area contributed by atoms with Crippen molar-refractivity contribution >= 4 is 0 Å². The molecule has 0 amide bonds. The molecule has 1 atom stereocenters. The second-order valence-corrected chi connectivity index (χ2v) is 3.65. The molecule has 5 nitrogen and oxygen atoms in total. The Labute approximate surface area is 94.2 Å². The first-order valence-corrected chi connectivity index (χ1v) is 5.27. The maximum atomic E-state index is 5.60. The van der Waals surface area contributed by atoms with Gasteiger partial charge in [-0.15, -0.1) is 0 Å². The molecule has 0 aliphatic rings. The van der Waals surface area contributed by atoms with Crippen LogP contribution >= 0.6 is 0 Å². The molecule has 0 fully saturated rings. The summed E-state index contributed by atoms with van der Waals surface area (Å²) in [6.45, 7) is 2.05. The lowest BCUT2D eigenvalue weighted by molar-refractivity contribution is 0.496. The zero-order chi connectivity index (χ0) is 11.5. The van der Waals surface area contributed by atoms with Gasteiger partial charge in [-0.05, 0) is 6.07 Å². The van der Waals surface area contributed by atoms with Gasteiger partial charge >= 0.3 is 0 Å². The molecule has 1 unspecified atom stereocenters. The molecule has 0 saturated heterocycles. The van der Waals surface area contributed by atoms with E-state index in [9.17, 15) is 0 Å². The van der Waals surface area contributed by atoms with Crippen LogP contribution in [0.15, 0.2) is 29.1 Å². The molecule has 16 heavy (non-hydrogen) atoms. The van der Waals surface area contributed by atoms with Gasteiger partial charge in [0.1, 0.15) is 17.6 Å². The molecule has 0 aliphatic heterocycles. The van der Waals surface area contributed by atoms with Crippen LogP contribution < -0.4 is 11.3 Å². The molecule has 2 aromatic rings. The largest absolute Gasteiger partial charge is 0.469 e. The van der Waals surface area contributed by atoms with Crippen molar-refractivity contribution in [3.63, 3.8) is 0 Å². The highest BCUT2D eigenvalue weighted by Crippen LogP contribution is 2.24. The fourth-order valence-corrected chi connectivity index (χ4v) is 1.85. The van der Waals surface area contributed by atoms with Gasteiger partial charge in [-0.1, -0.05) is 6.92 Å². The number of hydrogen-bond donors (Lipinski definition) is 2. The van der Waals surface area contributed by atoms with E-state index in [-0.39, 0.29) is 6.04 Å². The number of aromatic nitrogens is 2. The third-order valence-electron chi connectivity index (χ3n) is 2.70. The molecule has 0 bridgehead atoms. The van der Waals surface area contributed by atoms with Gasteiger partial charge in [0.15, 0.2) is 0 Å². The zero-order valence-corrected chi connectivity index (χ0v) is 9.47. The summed E-state index contributed by atoms with van der Waals surface area (Å²) in [5.74, 6) is 7.41. The number of aryl methyl sites for hydroxylation is 2. The minimum absolute atomic E-state index is 0.131. The highest BCUT2D eigenvalue weighted by Gasteiger charge is 2.20. The molecular weight excluding hydrogens is 204 g/mol. The first-order chi connectivity index (χ1) is 7.77. The van der Waals surface area contributed by atoms with Crippen LogP contribution in [0.25, 0.3) is 0 Å². The molecule has 2 heterocycles. The normalized spacial score (nSPS) is 12.9. The van der Waals surface area contributed by atoms with E-state index in [1.54, 1.807) is 12.5 Å². The van der Waals surface area contributed by atoms with Crippen molar-refractivity contribution in [3.8, 4) is 0 Å². The second-order valence-electron chi connectivity index (χ2n) is 3.65. The van der Waals surface area contributed by atoms with Crippen LogP contribution in [0.4, 0.5) is 0 Å². The average molecular weight is 220 g/mol. The third kappa shape index (κ3) is 1.75. The van der Waals surface area contributed by atoms with Crippen LogP contribution in [0.3, 0.4) is 0 Å². The summed E-state index contributed by atoms with van der Waals surface area (Å²) >= 11 is 0. The lowest BCUT2D eigenvalue weighted by atomic mass is 10.1. The van der Waals surface area contributed by atoms with E-state index < -0.39 is 0 Å². The Bertz CT molecular complexity index is 460. The Morgan fingerprint density at radius 2 is 2.44 bits per heavy atom. The van der Waals surface area contributed by atoms with E-state index in [4.69, 9.17) is 10.3 Å². The van der Waals surface area contributed by atoms with Crippen LogP contribution in [0, 0.1) is 0 Å². The predicted octanol–water partition coefficient (Wildman–Crippen LogP) is 1.13. The van der Waals surface area contributed by atoms with Gasteiger partial charge in [0.05, 0.1) is 6.26 Å². The number of hydrogen-bond acceptors (Lipinski definition) is 4. The molecule has 0 spiro atoms. The van der Waals surface area contributed by atoms with Gasteiger partial charge in [0.2, 0.25) is 0 Å². The van der Waals surface area contributed by atoms with Crippen molar-refractivity contribution < 1.29 is 4.42 Å². The summed E-state index contributed by atoms with van der Waals surface area (Å²) in [5, 5.41) is 0. The molecular formula is C11H16N4O. The highest BCUT2D eigenvalue weighted by molar-refractivity contribution is 5.27. The fourth-order valence-electron chi connectivity index (χ4n) is 1.85. The van der Waals surface area contributed by atoms with E-state index in [1.165, 1.54) is 0 Å². The van der Waals surface area contributed by atoms with Crippen LogP contribution in [-0.4, -0.2) is 9.55 Å². The Morgan fingerprint density at radius 1 is 1.62 bits per heavy atom.